The molecule has 2 rings (SSSR count). The molecule has 1 N–H and O–H groups in total. The predicted octanol–water partition coefficient (Wildman–Crippen LogP) is 2.85. The maximum absolute atomic E-state index is 11.3. The third-order valence-electron chi connectivity index (χ3n) is 3.06. The Bertz CT molecular complexity index is 582. The van der Waals surface area contributed by atoms with Crippen molar-refractivity contribution in [3.63, 3.8) is 0 Å². The quantitative estimate of drug-likeness (QED) is 0.658. The molecule has 5 heteroatoms. The molecule has 0 saturated carbocycles. The van der Waals surface area contributed by atoms with Gasteiger partial charge in [0.2, 0.25) is 0 Å². The lowest BCUT2D eigenvalue weighted by molar-refractivity contribution is 0.0600. The van der Waals surface area contributed by atoms with E-state index in [0.717, 1.165) is 23.7 Å². The Labute approximate surface area is 129 Å². The Morgan fingerprint density at radius 2 is 2.00 bits per heavy atom. The number of carbonyl (C=O) groups is 1. The van der Waals surface area contributed by atoms with E-state index < -0.39 is 0 Å². The zero-order valence-corrected chi connectivity index (χ0v) is 12.6. The monoisotopic (exact) mass is 304 g/mol. The Kier molecular flexibility index (Phi) is 5.72. The summed E-state index contributed by atoms with van der Waals surface area (Å²) in [4.78, 5) is 15.5. The highest BCUT2D eigenvalue weighted by atomic mass is 35.5. The number of benzene rings is 1. The van der Waals surface area contributed by atoms with Crippen LogP contribution in [-0.4, -0.2) is 24.6 Å². The lowest BCUT2D eigenvalue weighted by Gasteiger charge is -2.05. The fourth-order valence-corrected chi connectivity index (χ4v) is 1.99. The Balaban J connectivity index is 1.75. The van der Waals surface area contributed by atoms with Crippen molar-refractivity contribution in [2.24, 2.45) is 0 Å². The number of ether oxygens (including phenoxy) is 1. The second-order valence-corrected chi connectivity index (χ2v) is 5.02. The first-order chi connectivity index (χ1) is 10.2. The minimum atomic E-state index is -0.371. The number of pyridine rings is 1. The van der Waals surface area contributed by atoms with Gasteiger partial charge in [0, 0.05) is 17.8 Å². The van der Waals surface area contributed by atoms with Gasteiger partial charge in [0.1, 0.15) is 0 Å². The van der Waals surface area contributed by atoms with E-state index in [0.29, 0.717) is 12.1 Å². The summed E-state index contributed by atoms with van der Waals surface area (Å²) in [7, 11) is 1.36. The number of esters is 1. The summed E-state index contributed by atoms with van der Waals surface area (Å²) < 4.78 is 4.63. The first-order valence-corrected chi connectivity index (χ1v) is 7.05. The van der Waals surface area contributed by atoms with E-state index in [9.17, 15) is 4.79 Å². The molecule has 4 nitrogen and oxygen atoms in total. The molecule has 0 aliphatic rings. The summed E-state index contributed by atoms with van der Waals surface area (Å²) >= 11 is 5.84. The van der Waals surface area contributed by atoms with Crippen LogP contribution < -0.4 is 5.32 Å². The van der Waals surface area contributed by atoms with Crippen LogP contribution in [0.1, 0.15) is 21.6 Å². The highest BCUT2D eigenvalue weighted by Crippen LogP contribution is 2.09. The average Bonchev–Trinajstić information content (AvgIpc) is 2.53. The Morgan fingerprint density at radius 3 is 2.62 bits per heavy atom. The molecule has 0 radical (unpaired) electrons. The fraction of sp³-hybridized carbons (Fsp3) is 0.250. The van der Waals surface area contributed by atoms with Crippen LogP contribution in [0, 0.1) is 0 Å². The number of aromatic nitrogens is 1. The molecule has 0 aliphatic heterocycles. The second-order valence-electron chi connectivity index (χ2n) is 4.58. The van der Waals surface area contributed by atoms with Crippen LogP contribution in [0.15, 0.2) is 42.6 Å². The minimum absolute atomic E-state index is 0.371. The molecular weight excluding hydrogens is 288 g/mol. The zero-order chi connectivity index (χ0) is 15.1. The van der Waals surface area contributed by atoms with E-state index in [1.54, 1.807) is 6.07 Å². The number of nitrogens with zero attached hydrogens (tertiary/aromatic N) is 1. The molecule has 2 aromatic rings. The number of carbonyl (C=O) groups excluding carboxylic acids is 1. The smallest absolute Gasteiger partial charge is 0.339 e. The van der Waals surface area contributed by atoms with Crippen molar-refractivity contribution in [1.82, 2.24) is 10.3 Å². The first-order valence-electron chi connectivity index (χ1n) is 6.67. The molecule has 110 valence electrons. The summed E-state index contributed by atoms with van der Waals surface area (Å²) in [6.45, 7) is 1.51. The van der Waals surface area contributed by atoms with Gasteiger partial charge in [0.25, 0.3) is 0 Å². The number of halogens is 1. The number of hydrogen-bond acceptors (Lipinski definition) is 4. The molecule has 0 aliphatic carbocycles. The number of hydrogen-bond donors (Lipinski definition) is 1. The molecule has 21 heavy (non-hydrogen) atoms. The maximum Gasteiger partial charge on any atom is 0.339 e. The summed E-state index contributed by atoms with van der Waals surface area (Å²) in [5.74, 6) is -0.371. The molecular formula is C16H17ClN2O2. The normalized spacial score (nSPS) is 10.4. The predicted molar refractivity (Wildman–Crippen MR) is 82.4 cm³/mol. The van der Waals surface area contributed by atoms with Crippen LogP contribution in [-0.2, 0) is 17.7 Å². The molecule has 0 fully saturated rings. The third-order valence-corrected chi connectivity index (χ3v) is 3.31. The van der Waals surface area contributed by atoms with Crippen LogP contribution in [0.3, 0.4) is 0 Å². The molecule has 0 amide bonds. The van der Waals surface area contributed by atoms with Gasteiger partial charge in [-0.1, -0.05) is 23.7 Å². The van der Waals surface area contributed by atoms with Gasteiger partial charge in [0.05, 0.1) is 18.4 Å². The van der Waals surface area contributed by atoms with Gasteiger partial charge in [-0.3, -0.25) is 4.98 Å². The van der Waals surface area contributed by atoms with Gasteiger partial charge in [-0.25, -0.2) is 4.79 Å². The topological polar surface area (TPSA) is 51.2 Å². The van der Waals surface area contributed by atoms with Gasteiger partial charge in [-0.2, -0.15) is 0 Å². The van der Waals surface area contributed by atoms with E-state index in [2.05, 4.69) is 15.0 Å². The molecule has 0 unspecified atom stereocenters. The van der Waals surface area contributed by atoms with Crippen LogP contribution >= 0.6 is 11.6 Å². The van der Waals surface area contributed by atoms with E-state index in [1.807, 2.05) is 30.3 Å². The van der Waals surface area contributed by atoms with E-state index in [-0.39, 0.29) is 5.97 Å². The van der Waals surface area contributed by atoms with E-state index >= 15 is 0 Å². The largest absolute Gasteiger partial charge is 0.465 e. The van der Waals surface area contributed by atoms with Crippen LogP contribution in [0.4, 0.5) is 0 Å². The molecule has 1 aromatic heterocycles. The van der Waals surface area contributed by atoms with Crippen molar-refractivity contribution in [1.29, 1.82) is 0 Å². The van der Waals surface area contributed by atoms with Gasteiger partial charge >= 0.3 is 5.97 Å². The van der Waals surface area contributed by atoms with Crippen molar-refractivity contribution < 1.29 is 9.53 Å². The Morgan fingerprint density at radius 1 is 1.24 bits per heavy atom. The maximum atomic E-state index is 11.3. The van der Waals surface area contributed by atoms with Gasteiger partial charge in [0.15, 0.2) is 0 Å². The molecule has 0 bridgehead atoms. The summed E-state index contributed by atoms with van der Waals surface area (Å²) in [5, 5.41) is 4.07. The minimum Gasteiger partial charge on any atom is -0.465 e. The van der Waals surface area contributed by atoms with Gasteiger partial charge < -0.3 is 10.1 Å². The fourth-order valence-electron chi connectivity index (χ4n) is 1.87. The van der Waals surface area contributed by atoms with Crippen LogP contribution in [0.5, 0.6) is 0 Å². The summed E-state index contributed by atoms with van der Waals surface area (Å²) in [5.41, 5.74) is 2.59. The lowest BCUT2D eigenvalue weighted by Crippen LogP contribution is -2.17. The van der Waals surface area contributed by atoms with Crippen molar-refractivity contribution in [2.75, 3.05) is 13.7 Å². The van der Waals surface area contributed by atoms with Crippen molar-refractivity contribution >= 4 is 17.6 Å². The van der Waals surface area contributed by atoms with Crippen LogP contribution in [0.2, 0.25) is 5.02 Å². The zero-order valence-electron chi connectivity index (χ0n) is 11.8. The number of rotatable bonds is 6. The van der Waals surface area contributed by atoms with E-state index in [4.69, 9.17) is 11.6 Å². The third kappa shape index (κ3) is 4.85. The Hall–Kier alpha value is -1.91. The standard InChI is InChI=1S/C16H17ClN2O2/c1-21-16(20)13-4-7-15(19-10-13)11-18-9-8-12-2-5-14(17)6-3-12/h2-7,10,18H,8-9,11H2,1H3. The van der Waals surface area contributed by atoms with Crippen molar-refractivity contribution in [3.8, 4) is 0 Å². The van der Waals surface area contributed by atoms with Gasteiger partial charge in [-0.05, 0) is 42.8 Å². The van der Waals surface area contributed by atoms with E-state index in [1.165, 1.54) is 18.9 Å². The molecule has 1 aromatic carbocycles. The lowest BCUT2D eigenvalue weighted by atomic mass is 10.1. The first kappa shape index (κ1) is 15.5. The number of nitrogens with one attached hydrogen (secondary N) is 1. The van der Waals surface area contributed by atoms with Crippen LogP contribution in [0.25, 0.3) is 0 Å². The summed E-state index contributed by atoms with van der Waals surface area (Å²) in [6.07, 6.45) is 2.46. The van der Waals surface area contributed by atoms with Gasteiger partial charge in [-0.15, -0.1) is 0 Å². The van der Waals surface area contributed by atoms with Crippen molar-refractivity contribution in [2.45, 2.75) is 13.0 Å². The molecule has 0 spiro atoms. The molecule has 0 saturated heterocycles. The second kappa shape index (κ2) is 7.76. The molecule has 0 atom stereocenters. The number of methoxy groups -OCH3 is 1. The summed E-state index contributed by atoms with van der Waals surface area (Å²) in [6, 6.07) is 11.4. The van der Waals surface area contributed by atoms with Crippen molar-refractivity contribution in [3.05, 3.63) is 64.4 Å². The molecule has 1 heterocycles. The highest BCUT2D eigenvalue weighted by Gasteiger charge is 2.05. The average molecular weight is 305 g/mol. The SMILES string of the molecule is COC(=O)c1ccc(CNCCc2ccc(Cl)cc2)nc1. The highest BCUT2D eigenvalue weighted by molar-refractivity contribution is 6.30.